The summed E-state index contributed by atoms with van der Waals surface area (Å²) in [5, 5.41) is 2.96. The summed E-state index contributed by atoms with van der Waals surface area (Å²) >= 11 is 0. The average Bonchev–Trinajstić information content (AvgIpc) is 3.37. The molecule has 1 saturated heterocycles. The number of rotatable bonds is 4. The quantitative estimate of drug-likeness (QED) is 0.921. The topological polar surface area (TPSA) is 52.7 Å². The van der Waals surface area contributed by atoms with Crippen molar-refractivity contribution in [2.24, 2.45) is 11.8 Å². The molecule has 1 aliphatic carbocycles. The van der Waals surface area contributed by atoms with Crippen molar-refractivity contribution in [3.8, 4) is 0 Å². The molecule has 5 heteroatoms. The minimum absolute atomic E-state index is 0.0233. The van der Waals surface area contributed by atoms with Crippen molar-refractivity contribution >= 4 is 17.5 Å². The molecule has 2 amide bonds. The Morgan fingerprint density at radius 2 is 1.83 bits per heavy atom. The number of likely N-dealkylation sites (N-methyl/N-ethyl adjacent to an activating group) is 1. The minimum Gasteiger partial charge on any atom is -0.340 e. The second kappa shape index (κ2) is 6.71. The first kappa shape index (κ1) is 16.0. The van der Waals surface area contributed by atoms with E-state index in [4.69, 9.17) is 0 Å². The molecule has 0 radical (unpaired) electrons. The first-order chi connectivity index (χ1) is 11.1. The van der Waals surface area contributed by atoms with Crippen LogP contribution in [0.15, 0.2) is 24.3 Å². The van der Waals surface area contributed by atoms with Gasteiger partial charge >= 0.3 is 0 Å². The Hall–Kier alpha value is -1.88. The van der Waals surface area contributed by atoms with Crippen molar-refractivity contribution in [3.05, 3.63) is 29.8 Å². The summed E-state index contributed by atoms with van der Waals surface area (Å²) in [6.45, 7) is 8.60. The molecular weight excluding hydrogens is 290 g/mol. The van der Waals surface area contributed by atoms with Gasteiger partial charge in [-0.15, -0.1) is 0 Å². The third-order valence-corrected chi connectivity index (χ3v) is 4.98. The zero-order chi connectivity index (χ0) is 16.4. The molecule has 1 aromatic carbocycles. The van der Waals surface area contributed by atoms with Crippen LogP contribution in [0.5, 0.6) is 0 Å². The second-order valence-corrected chi connectivity index (χ2v) is 6.51. The van der Waals surface area contributed by atoms with Gasteiger partial charge in [-0.05, 0) is 31.5 Å². The molecule has 5 nitrogen and oxygen atoms in total. The number of para-hydroxylation sites is 1. The number of nitrogens with one attached hydrogen (secondary N) is 1. The van der Waals surface area contributed by atoms with Crippen LogP contribution in [0.4, 0.5) is 5.69 Å². The van der Waals surface area contributed by atoms with Crippen molar-refractivity contribution in [3.63, 3.8) is 0 Å². The normalized spacial score (nSPS) is 24.3. The number of piperazine rings is 1. The monoisotopic (exact) mass is 315 g/mol. The van der Waals surface area contributed by atoms with E-state index in [1.54, 1.807) is 0 Å². The number of carbonyl (C=O) groups excluding carboxylic acids is 2. The highest BCUT2D eigenvalue weighted by molar-refractivity contribution is 5.99. The maximum absolute atomic E-state index is 12.5. The van der Waals surface area contributed by atoms with Crippen molar-refractivity contribution in [1.29, 1.82) is 0 Å². The van der Waals surface area contributed by atoms with E-state index in [1.807, 2.05) is 36.1 Å². The van der Waals surface area contributed by atoms with Gasteiger partial charge in [0, 0.05) is 31.9 Å². The number of aryl methyl sites for hydroxylation is 1. The molecular formula is C18H25N3O2. The van der Waals surface area contributed by atoms with E-state index < -0.39 is 0 Å². The van der Waals surface area contributed by atoms with E-state index in [0.717, 1.165) is 44.0 Å². The molecule has 2 atom stereocenters. The van der Waals surface area contributed by atoms with Gasteiger partial charge < -0.3 is 15.1 Å². The van der Waals surface area contributed by atoms with Gasteiger partial charge in [-0.25, -0.2) is 0 Å². The number of hydrogen-bond acceptors (Lipinski definition) is 3. The molecule has 1 aliphatic heterocycles. The van der Waals surface area contributed by atoms with Crippen LogP contribution in [-0.4, -0.2) is 54.3 Å². The van der Waals surface area contributed by atoms with Crippen LogP contribution in [0.25, 0.3) is 0 Å². The lowest BCUT2D eigenvalue weighted by Crippen LogP contribution is -2.49. The predicted molar refractivity (Wildman–Crippen MR) is 90.1 cm³/mol. The van der Waals surface area contributed by atoms with Gasteiger partial charge in [0.2, 0.25) is 11.8 Å². The van der Waals surface area contributed by atoms with Crippen LogP contribution >= 0.6 is 0 Å². The molecule has 0 bridgehead atoms. The van der Waals surface area contributed by atoms with E-state index in [9.17, 15) is 9.59 Å². The number of anilines is 1. The molecule has 2 aliphatic rings. The van der Waals surface area contributed by atoms with Gasteiger partial charge in [0.25, 0.3) is 0 Å². The largest absolute Gasteiger partial charge is 0.340 e. The third kappa shape index (κ3) is 3.55. The third-order valence-electron chi connectivity index (χ3n) is 4.98. The van der Waals surface area contributed by atoms with Crippen LogP contribution in [-0.2, 0) is 9.59 Å². The van der Waals surface area contributed by atoms with Crippen molar-refractivity contribution in [1.82, 2.24) is 9.80 Å². The highest BCUT2D eigenvalue weighted by Crippen LogP contribution is 2.41. The predicted octanol–water partition coefficient (Wildman–Crippen LogP) is 1.73. The highest BCUT2D eigenvalue weighted by Gasteiger charge is 2.49. The zero-order valence-electron chi connectivity index (χ0n) is 13.9. The van der Waals surface area contributed by atoms with Crippen LogP contribution < -0.4 is 5.32 Å². The molecule has 1 saturated carbocycles. The first-order valence-corrected chi connectivity index (χ1v) is 8.47. The molecule has 124 valence electrons. The van der Waals surface area contributed by atoms with Crippen LogP contribution in [0, 0.1) is 18.8 Å². The molecule has 1 heterocycles. The van der Waals surface area contributed by atoms with Gasteiger partial charge in [-0.3, -0.25) is 9.59 Å². The van der Waals surface area contributed by atoms with Crippen LogP contribution in [0.2, 0.25) is 0 Å². The number of amides is 2. The summed E-state index contributed by atoms with van der Waals surface area (Å²) < 4.78 is 0. The van der Waals surface area contributed by atoms with Crippen molar-refractivity contribution in [2.75, 3.05) is 38.0 Å². The lowest BCUT2D eigenvalue weighted by atomic mass is 10.2. The summed E-state index contributed by atoms with van der Waals surface area (Å²) in [6, 6.07) is 7.73. The molecule has 1 N–H and O–H groups in total. The van der Waals surface area contributed by atoms with Gasteiger partial charge in [-0.2, -0.15) is 0 Å². The van der Waals surface area contributed by atoms with Gasteiger partial charge in [0.1, 0.15) is 0 Å². The lowest BCUT2D eigenvalue weighted by Gasteiger charge is -2.34. The maximum Gasteiger partial charge on any atom is 0.228 e. The summed E-state index contributed by atoms with van der Waals surface area (Å²) in [7, 11) is 0. The van der Waals surface area contributed by atoms with Crippen molar-refractivity contribution in [2.45, 2.75) is 20.3 Å². The van der Waals surface area contributed by atoms with Crippen molar-refractivity contribution < 1.29 is 9.59 Å². The highest BCUT2D eigenvalue weighted by atomic mass is 16.2. The molecule has 1 aromatic rings. The van der Waals surface area contributed by atoms with E-state index in [0.29, 0.717) is 6.42 Å². The van der Waals surface area contributed by atoms with Gasteiger partial charge in [-0.1, -0.05) is 25.1 Å². The second-order valence-electron chi connectivity index (χ2n) is 6.51. The number of benzene rings is 1. The van der Waals surface area contributed by atoms with Gasteiger partial charge in [0.15, 0.2) is 0 Å². The lowest BCUT2D eigenvalue weighted by molar-refractivity contribution is -0.135. The fraction of sp³-hybridized carbons (Fsp3) is 0.556. The van der Waals surface area contributed by atoms with E-state index in [1.165, 1.54) is 0 Å². The molecule has 0 spiro atoms. The number of nitrogens with zero attached hydrogens (tertiary/aromatic N) is 2. The van der Waals surface area contributed by atoms with E-state index in [-0.39, 0.29) is 23.7 Å². The summed E-state index contributed by atoms with van der Waals surface area (Å²) in [6.07, 6.45) is 0.685. The fourth-order valence-electron chi connectivity index (χ4n) is 3.22. The summed E-state index contributed by atoms with van der Waals surface area (Å²) in [4.78, 5) is 29.1. The fourth-order valence-corrected chi connectivity index (χ4v) is 3.22. The number of carbonyl (C=O) groups is 2. The first-order valence-electron chi connectivity index (χ1n) is 8.47. The average molecular weight is 315 g/mol. The standard InChI is InChI=1S/C18H25N3O2/c1-3-20-8-10-21(11-9-20)18(23)15-12-14(15)17(22)19-16-7-5-4-6-13(16)2/h4-7,14-15H,3,8-12H2,1-2H3,(H,19,22). The molecule has 3 rings (SSSR count). The van der Waals surface area contributed by atoms with E-state index in [2.05, 4.69) is 17.1 Å². The zero-order valence-corrected chi connectivity index (χ0v) is 13.9. The molecule has 2 unspecified atom stereocenters. The Morgan fingerprint density at radius 3 is 2.48 bits per heavy atom. The van der Waals surface area contributed by atoms with E-state index >= 15 is 0 Å². The SMILES string of the molecule is CCN1CCN(C(=O)C2CC2C(=O)Nc2ccccc2C)CC1. The smallest absolute Gasteiger partial charge is 0.228 e. The Balaban J connectivity index is 1.52. The summed E-state index contributed by atoms with van der Waals surface area (Å²) in [5.74, 6) is -0.144. The molecule has 0 aromatic heterocycles. The molecule has 2 fully saturated rings. The Kier molecular flexibility index (Phi) is 4.66. The Bertz CT molecular complexity index is 594. The Labute approximate surface area is 137 Å². The minimum atomic E-state index is -0.161. The van der Waals surface area contributed by atoms with Gasteiger partial charge in [0.05, 0.1) is 11.8 Å². The molecule has 23 heavy (non-hydrogen) atoms. The maximum atomic E-state index is 12.5. The van der Waals surface area contributed by atoms with Crippen LogP contribution in [0.1, 0.15) is 18.9 Å². The van der Waals surface area contributed by atoms with Crippen LogP contribution in [0.3, 0.4) is 0 Å². The summed E-state index contributed by atoms with van der Waals surface area (Å²) in [5.41, 5.74) is 1.88. The Morgan fingerprint density at radius 1 is 1.13 bits per heavy atom. The number of hydrogen-bond donors (Lipinski definition) is 1.